The van der Waals surface area contributed by atoms with Gasteiger partial charge in [0.15, 0.2) is 0 Å². The van der Waals surface area contributed by atoms with Gasteiger partial charge in [0, 0.05) is 19.1 Å². The zero-order valence-electron chi connectivity index (χ0n) is 12.3. The topological polar surface area (TPSA) is 49.4 Å². The number of hydrogen-bond donors (Lipinski definition) is 1. The average Bonchev–Trinajstić information content (AvgIpc) is 3.29. The van der Waals surface area contributed by atoms with Crippen LogP contribution in [0.3, 0.4) is 0 Å². The minimum Gasteiger partial charge on any atom is -0.314 e. The molecule has 1 aromatic carbocycles. The van der Waals surface area contributed by atoms with Gasteiger partial charge in [-0.15, -0.1) is 0 Å². The highest BCUT2D eigenvalue weighted by Gasteiger charge is 2.31. The Kier molecular flexibility index (Phi) is 4.73. The van der Waals surface area contributed by atoms with Crippen LogP contribution in [0.25, 0.3) is 0 Å². The van der Waals surface area contributed by atoms with Gasteiger partial charge in [-0.1, -0.05) is 11.6 Å². The Hall–Kier alpha value is -0.690. The molecule has 122 valence electrons. The number of sulfonamides is 1. The highest BCUT2D eigenvalue weighted by molar-refractivity contribution is 7.89. The van der Waals surface area contributed by atoms with E-state index in [2.05, 4.69) is 5.32 Å². The normalized spacial score (nSPS) is 21.2. The van der Waals surface area contributed by atoms with Crippen molar-refractivity contribution in [1.29, 1.82) is 0 Å². The van der Waals surface area contributed by atoms with E-state index >= 15 is 0 Å². The largest absolute Gasteiger partial charge is 0.314 e. The van der Waals surface area contributed by atoms with Gasteiger partial charge in [-0.05, 0) is 56.3 Å². The van der Waals surface area contributed by atoms with E-state index in [1.165, 1.54) is 23.2 Å². The van der Waals surface area contributed by atoms with E-state index in [1.54, 1.807) is 0 Å². The summed E-state index contributed by atoms with van der Waals surface area (Å²) in [5.41, 5.74) is 0. The maximum Gasteiger partial charge on any atom is 0.244 e. The first-order valence-corrected chi connectivity index (χ1v) is 9.47. The van der Waals surface area contributed by atoms with Crippen molar-refractivity contribution in [3.05, 3.63) is 29.0 Å². The molecule has 1 aliphatic carbocycles. The number of nitrogens with one attached hydrogen (secondary N) is 1. The predicted octanol–water partition coefficient (Wildman–Crippen LogP) is 2.63. The first-order valence-electron chi connectivity index (χ1n) is 7.65. The minimum absolute atomic E-state index is 0.0139. The number of rotatable bonds is 5. The highest BCUT2D eigenvalue weighted by Crippen LogP contribution is 2.29. The maximum absolute atomic E-state index is 13.1. The third kappa shape index (κ3) is 3.62. The van der Waals surface area contributed by atoms with E-state index in [0.29, 0.717) is 19.1 Å². The molecule has 0 aromatic heterocycles. The van der Waals surface area contributed by atoms with Crippen molar-refractivity contribution in [2.45, 2.75) is 36.6 Å². The molecule has 1 heterocycles. The number of nitrogens with zero attached hydrogens (tertiary/aromatic N) is 1. The summed E-state index contributed by atoms with van der Waals surface area (Å²) in [5.74, 6) is 0.284. The summed E-state index contributed by atoms with van der Waals surface area (Å²) in [4.78, 5) is -0.0139. The van der Waals surface area contributed by atoms with Gasteiger partial charge < -0.3 is 5.32 Å². The van der Waals surface area contributed by atoms with E-state index < -0.39 is 15.8 Å². The molecule has 0 spiro atoms. The lowest BCUT2D eigenvalue weighted by molar-refractivity contribution is 0.288. The van der Waals surface area contributed by atoms with Gasteiger partial charge in [0.25, 0.3) is 0 Å². The van der Waals surface area contributed by atoms with Gasteiger partial charge in [-0.25, -0.2) is 12.8 Å². The summed E-state index contributed by atoms with van der Waals surface area (Å²) in [7, 11) is -3.64. The lowest BCUT2D eigenvalue weighted by Gasteiger charge is -2.32. The lowest BCUT2D eigenvalue weighted by Crippen LogP contribution is -2.45. The smallest absolute Gasteiger partial charge is 0.244 e. The zero-order valence-corrected chi connectivity index (χ0v) is 13.8. The second-order valence-corrected chi connectivity index (χ2v) is 8.42. The summed E-state index contributed by atoms with van der Waals surface area (Å²) in [6.45, 7) is 1.98. The molecule has 2 aliphatic rings. The quantitative estimate of drug-likeness (QED) is 0.891. The Morgan fingerprint density at radius 2 is 1.91 bits per heavy atom. The van der Waals surface area contributed by atoms with Gasteiger partial charge in [-0.2, -0.15) is 4.31 Å². The molecule has 0 unspecified atom stereocenters. The molecule has 2 fully saturated rings. The molecule has 1 saturated heterocycles. The Bertz CT molecular complexity index is 641. The molecule has 1 aliphatic heterocycles. The van der Waals surface area contributed by atoms with E-state index in [0.717, 1.165) is 37.4 Å². The van der Waals surface area contributed by atoms with Crippen molar-refractivity contribution in [2.75, 3.05) is 19.6 Å². The SMILES string of the molecule is O=S(=O)(c1ccc(F)cc1Cl)N1CCC(NCC2CC2)CC1. The van der Waals surface area contributed by atoms with Crippen molar-refractivity contribution in [1.82, 2.24) is 9.62 Å². The lowest BCUT2D eigenvalue weighted by atomic mass is 10.1. The molecule has 3 rings (SSSR count). The molecule has 4 nitrogen and oxygen atoms in total. The molecule has 1 saturated carbocycles. The van der Waals surface area contributed by atoms with Gasteiger partial charge in [0.1, 0.15) is 10.7 Å². The first kappa shape index (κ1) is 16.2. The maximum atomic E-state index is 13.1. The molecule has 0 radical (unpaired) electrons. The van der Waals surface area contributed by atoms with Crippen LogP contribution in [-0.4, -0.2) is 38.4 Å². The van der Waals surface area contributed by atoms with E-state index in [1.807, 2.05) is 0 Å². The van der Waals surface area contributed by atoms with Crippen LogP contribution in [0.15, 0.2) is 23.1 Å². The Labute approximate surface area is 135 Å². The average molecular weight is 347 g/mol. The Morgan fingerprint density at radius 3 is 2.50 bits per heavy atom. The van der Waals surface area contributed by atoms with Gasteiger partial charge in [-0.3, -0.25) is 0 Å². The van der Waals surface area contributed by atoms with Gasteiger partial charge in [0.05, 0.1) is 5.02 Å². The summed E-state index contributed by atoms with van der Waals surface area (Å²) in [5, 5.41) is 3.46. The molecule has 0 atom stereocenters. The van der Waals surface area contributed by atoms with Gasteiger partial charge in [0.2, 0.25) is 10.0 Å². The van der Waals surface area contributed by atoms with Crippen molar-refractivity contribution in [2.24, 2.45) is 5.92 Å². The van der Waals surface area contributed by atoms with Crippen LogP contribution in [0, 0.1) is 11.7 Å². The highest BCUT2D eigenvalue weighted by atomic mass is 35.5. The predicted molar refractivity (Wildman–Crippen MR) is 83.9 cm³/mol. The van der Waals surface area contributed by atoms with Crippen LogP contribution in [0.5, 0.6) is 0 Å². The summed E-state index contributed by atoms with van der Waals surface area (Å²) >= 11 is 5.90. The van der Waals surface area contributed by atoms with Crippen molar-refractivity contribution in [3.63, 3.8) is 0 Å². The molecular formula is C15H20ClFN2O2S. The third-order valence-electron chi connectivity index (χ3n) is 4.36. The number of hydrogen-bond acceptors (Lipinski definition) is 3. The molecule has 0 bridgehead atoms. The van der Waals surface area contributed by atoms with Crippen LogP contribution in [0.4, 0.5) is 4.39 Å². The Balaban J connectivity index is 1.63. The van der Waals surface area contributed by atoms with Gasteiger partial charge >= 0.3 is 0 Å². The summed E-state index contributed by atoms with van der Waals surface area (Å²) < 4.78 is 39.7. The molecule has 0 amide bonds. The van der Waals surface area contributed by atoms with Crippen LogP contribution in [-0.2, 0) is 10.0 Å². The summed E-state index contributed by atoms with van der Waals surface area (Å²) in [6.07, 6.45) is 4.21. The monoisotopic (exact) mass is 346 g/mol. The summed E-state index contributed by atoms with van der Waals surface area (Å²) in [6, 6.07) is 3.79. The molecule has 7 heteroatoms. The number of piperidine rings is 1. The minimum atomic E-state index is -3.64. The fourth-order valence-corrected chi connectivity index (χ4v) is 4.75. The van der Waals surface area contributed by atoms with E-state index in [4.69, 9.17) is 11.6 Å². The third-order valence-corrected chi connectivity index (χ3v) is 6.74. The van der Waals surface area contributed by atoms with Crippen molar-refractivity contribution < 1.29 is 12.8 Å². The van der Waals surface area contributed by atoms with Crippen molar-refractivity contribution >= 4 is 21.6 Å². The molecule has 1 N–H and O–H groups in total. The second-order valence-electron chi connectivity index (χ2n) is 6.10. The van der Waals surface area contributed by atoms with E-state index in [-0.39, 0.29) is 9.92 Å². The molecular weight excluding hydrogens is 327 g/mol. The number of benzene rings is 1. The first-order chi connectivity index (χ1) is 10.5. The fourth-order valence-electron chi connectivity index (χ4n) is 2.78. The standard InChI is InChI=1S/C15H20ClFN2O2S/c16-14-9-12(17)3-4-15(14)22(20,21)19-7-5-13(6-8-19)18-10-11-1-2-11/h3-4,9,11,13,18H,1-2,5-8,10H2. The fraction of sp³-hybridized carbons (Fsp3) is 0.600. The molecule has 22 heavy (non-hydrogen) atoms. The second kappa shape index (κ2) is 6.43. The van der Waals surface area contributed by atoms with Crippen LogP contribution >= 0.6 is 11.6 Å². The van der Waals surface area contributed by atoms with Crippen LogP contribution in [0.2, 0.25) is 5.02 Å². The zero-order chi connectivity index (χ0) is 15.7. The van der Waals surface area contributed by atoms with Crippen LogP contribution < -0.4 is 5.32 Å². The van der Waals surface area contributed by atoms with Crippen LogP contribution in [0.1, 0.15) is 25.7 Å². The number of halogens is 2. The van der Waals surface area contributed by atoms with Crippen molar-refractivity contribution in [3.8, 4) is 0 Å². The molecule has 1 aromatic rings. The Morgan fingerprint density at radius 1 is 1.23 bits per heavy atom. The van der Waals surface area contributed by atoms with E-state index in [9.17, 15) is 12.8 Å².